The molecule has 0 amide bonds. The fourth-order valence-corrected chi connectivity index (χ4v) is 0.842. The van der Waals surface area contributed by atoms with E-state index >= 15 is 0 Å². The van der Waals surface area contributed by atoms with Gasteiger partial charge in [0, 0.05) is 0 Å². The summed E-state index contributed by atoms with van der Waals surface area (Å²) in [7, 11) is 0. The van der Waals surface area contributed by atoms with Crippen LogP contribution < -0.4 is 0 Å². The van der Waals surface area contributed by atoms with Crippen molar-refractivity contribution < 1.29 is 4.42 Å². The molecule has 66 valence electrons. The molecule has 2 nitrogen and oxygen atoms in total. The Morgan fingerprint density at radius 3 is 3.00 bits per heavy atom. The molecule has 0 aliphatic carbocycles. The number of nitrogens with zero attached hydrogens (tertiary/aromatic N) is 1. The van der Waals surface area contributed by atoms with E-state index in [0.29, 0.717) is 12.5 Å². The lowest BCUT2D eigenvalue weighted by molar-refractivity contribution is 0.512. The van der Waals surface area contributed by atoms with Gasteiger partial charge in [0.25, 0.3) is 0 Å². The Morgan fingerprint density at radius 1 is 1.58 bits per heavy atom. The smallest absolute Gasteiger partial charge is 0.125 e. The molecule has 0 spiro atoms. The summed E-state index contributed by atoms with van der Waals surface area (Å²) in [6.07, 6.45) is 4.68. The molecule has 0 bridgehead atoms. The fraction of sp³-hybridized carbons (Fsp3) is 0.500. The molecule has 1 rings (SSSR count). The Bertz CT molecular complexity index is 224. The van der Waals surface area contributed by atoms with Gasteiger partial charge in [-0.3, -0.25) is 4.99 Å². The van der Waals surface area contributed by atoms with Crippen molar-refractivity contribution in [1.29, 1.82) is 0 Å². The summed E-state index contributed by atoms with van der Waals surface area (Å²) in [5.74, 6) is 1.61. The van der Waals surface area contributed by atoms with Crippen LogP contribution in [0.1, 0.15) is 26.0 Å². The maximum atomic E-state index is 5.13. The van der Waals surface area contributed by atoms with Gasteiger partial charge in [-0.1, -0.05) is 13.8 Å². The average Bonchev–Trinajstić information content (AvgIpc) is 2.49. The van der Waals surface area contributed by atoms with E-state index in [1.165, 1.54) is 0 Å². The Hall–Kier alpha value is -1.05. The summed E-state index contributed by atoms with van der Waals surface area (Å²) in [6, 6.07) is 3.82. The van der Waals surface area contributed by atoms with Crippen molar-refractivity contribution in [3.63, 3.8) is 0 Å². The van der Waals surface area contributed by atoms with Crippen LogP contribution in [0, 0.1) is 5.92 Å². The van der Waals surface area contributed by atoms with Crippen molar-refractivity contribution in [2.45, 2.75) is 26.8 Å². The molecule has 0 saturated heterocycles. The number of furan rings is 1. The minimum Gasteiger partial charge on any atom is -0.467 e. The lowest BCUT2D eigenvalue weighted by Gasteiger charge is -1.95. The molecule has 1 aromatic heterocycles. The van der Waals surface area contributed by atoms with E-state index in [1.54, 1.807) is 6.26 Å². The first-order valence-electron chi connectivity index (χ1n) is 4.29. The van der Waals surface area contributed by atoms with Gasteiger partial charge >= 0.3 is 0 Å². The average molecular weight is 165 g/mol. The van der Waals surface area contributed by atoms with Crippen molar-refractivity contribution in [1.82, 2.24) is 0 Å². The molecule has 1 heterocycles. The predicted molar refractivity (Wildman–Crippen MR) is 50.4 cm³/mol. The Labute approximate surface area is 73.3 Å². The summed E-state index contributed by atoms with van der Waals surface area (Å²) in [5, 5.41) is 0. The van der Waals surface area contributed by atoms with Gasteiger partial charge in [-0.05, 0) is 30.7 Å². The quantitative estimate of drug-likeness (QED) is 0.630. The second-order valence-corrected chi connectivity index (χ2v) is 3.23. The Kier molecular flexibility index (Phi) is 3.58. The molecular formula is C10H15NO. The van der Waals surface area contributed by atoms with Gasteiger partial charge < -0.3 is 4.42 Å². The highest BCUT2D eigenvalue weighted by Crippen LogP contribution is 2.01. The minimum atomic E-state index is 0.666. The molecule has 0 aliphatic rings. The van der Waals surface area contributed by atoms with Crippen LogP contribution in [0.5, 0.6) is 0 Å². The molecule has 0 aromatic carbocycles. The van der Waals surface area contributed by atoms with Crippen molar-refractivity contribution in [3.8, 4) is 0 Å². The summed E-state index contributed by atoms with van der Waals surface area (Å²) in [4.78, 5) is 4.24. The van der Waals surface area contributed by atoms with Gasteiger partial charge in [-0.25, -0.2) is 0 Å². The van der Waals surface area contributed by atoms with Crippen LogP contribution in [0.2, 0.25) is 0 Å². The second-order valence-electron chi connectivity index (χ2n) is 3.23. The molecule has 0 fully saturated rings. The molecule has 0 radical (unpaired) electrons. The third-order valence-corrected chi connectivity index (χ3v) is 1.53. The van der Waals surface area contributed by atoms with E-state index in [4.69, 9.17) is 4.42 Å². The van der Waals surface area contributed by atoms with Crippen LogP contribution in [-0.2, 0) is 6.54 Å². The van der Waals surface area contributed by atoms with Gasteiger partial charge in [-0.2, -0.15) is 0 Å². The minimum absolute atomic E-state index is 0.666. The number of aliphatic imine (C=N–C) groups is 1. The molecule has 0 aliphatic heterocycles. The highest BCUT2D eigenvalue weighted by atomic mass is 16.3. The van der Waals surface area contributed by atoms with E-state index in [0.717, 1.165) is 12.2 Å². The Balaban J connectivity index is 2.22. The molecule has 0 unspecified atom stereocenters. The van der Waals surface area contributed by atoms with Crippen molar-refractivity contribution in [2.75, 3.05) is 0 Å². The van der Waals surface area contributed by atoms with Crippen LogP contribution in [0.4, 0.5) is 0 Å². The van der Waals surface area contributed by atoms with Crippen molar-refractivity contribution in [3.05, 3.63) is 24.2 Å². The van der Waals surface area contributed by atoms with Gasteiger partial charge in [0.1, 0.15) is 5.76 Å². The van der Waals surface area contributed by atoms with Crippen LogP contribution in [0.3, 0.4) is 0 Å². The SMILES string of the molecule is CC(C)CC=NCc1ccco1. The van der Waals surface area contributed by atoms with Gasteiger partial charge in [-0.15, -0.1) is 0 Å². The summed E-state index contributed by atoms with van der Waals surface area (Å²) in [6.45, 7) is 5.03. The van der Waals surface area contributed by atoms with E-state index < -0.39 is 0 Å². The molecule has 0 atom stereocenters. The van der Waals surface area contributed by atoms with E-state index in [9.17, 15) is 0 Å². The van der Waals surface area contributed by atoms with Crippen molar-refractivity contribution >= 4 is 6.21 Å². The van der Waals surface area contributed by atoms with Crippen LogP contribution in [-0.4, -0.2) is 6.21 Å². The largest absolute Gasteiger partial charge is 0.467 e. The monoisotopic (exact) mass is 165 g/mol. The summed E-state index contributed by atoms with van der Waals surface area (Å²) < 4.78 is 5.13. The van der Waals surface area contributed by atoms with Crippen LogP contribution >= 0.6 is 0 Å². The summed E-state index contributed by atoms with van der Waals surface area (Å²) in [5.41, 5.74) is 0. The summed E-state index contributed by atoms with van der Waals surface area (Å²) >= 11 is 0. The highest BCUT2D eigenvalue weighted by Gasteiger charge is 1.91. The zero-order chi connectivity index (χ0) is 8.81. The molecule has 2 heteroatoms. The zero-order valence-corrected chi connectivity index (χ0v) is 7.66. The third-order valence-electron chi connectivity index (χ3n) is 1.53. The maximum absolute atomic E-state index is 5.13. The number of rotatable bonds is 4. The van der Waals surface area contributed by atoms with Crippen molar-refractivity contribution in [2.24, 2.45) is 10.9 Å². The van der Waals surface area contributed by atoms with E-state index in [-0.39, 0.29) is 0 Å². The first-order valence-corrected chi connectivity index (χ1v) is 4.29. The highest BCUT2D eigenvalue weighted by molar-refractivity contribution is 5.57. The standard InChI is InChI=1S/C10H15NO/c1-9(2)5-6-11-8-10-4-3-7-12-10/h3-4,6-7,9H,5,8H2,1-2H3. The van der Waals surface area contributed by atoms with Gasteiger partial charge in [0.2, 0.25) is 0 Å². The van der Waals surface area contributed by atoms with Gasteiger partial charge in [0.05, 0.1) is 12.8 Å². The molecule has 1 aromatic rings. The molecule has 0 saturated carbocycles. The first-order chi connectivity index (χ1) is 5.79. The number of hydrogen-bond acceptors (Lipinski definition) is 2. The Morgan fingerprint density at radius 2 is 2.42 bits per heavy atom. The number of hydrogen-bond donors (Lipinski definition) is 0. The predicted octanol–water partition coefficient (Wildman–Crippen LogP) is 2.90. The second kappa shape index (κ2) is 4.75. The molecule has 0 N–H and O–H groups in total. The van der Waals surface area contributed by atoms with Crippen LogP contribution in [0.15, 0.2) is 27.8 Å². The topological polar surface area (TPSA) is 25.5 Å². The van der Waals surface area contributed by atoms with Crippen LogP contribution in [0.25, 0.3) is 0 Å². The lowest BCUT2D eigenvalue weighted by atomic mass is 10.2. The lowest BCUT2D eigenvalue weighted by Crippen LogP contribution is -1.87. The van der Waals surface area contributed by atoms with Gasteiger partial charge in [0.15, 0.2) is 0 Å². The molecule has 12 heavy (non-hydrogen) atoms. The normalized spacial score (nSPS) is 11.6. The van der Waals surface area contributed by atoms with E-state index in [1.807, 2.05) is 18.3 Å². The molecular weight excluding hydrogens is 150 g/mol. The third kappa shape index (κ3) is 3.37. The zero-order valence-electron chi connectivity index (χ0n) is 7.66. The van der Waals surface area contributed by atoms with E-state index in [2.05, 4.69) is 18.8 Å². The maximum Gasteiger partial charge on any atom is 0.125 e. The first kappa shape index (κ1) is 9.04. The fourth-order valence-electron chi connectivity index (χ4n) is 0.842.